The summed E-state index contributed by atoms with van der Waals surface area (Å²) < 4.78 is 0. The van der Waals surface area contributed by atoms with Crippen LogP contribution in [0.1, 0.15) is 12.1 Å². The van der Waals surface area contributed by atoms with Crippen LogP contribution in [-0.4, -0.2) is 10.2 Å². The van der Waals surface area contributed by atoms with E-state index in [1.54, 1.807) is 12.3 Å². The molecule has 1 N–H and O–H groups in total. The van der Waals surface area contributed by atoms with Crippen LogP contribution in [0.4, 0.5) is 0 Å². The molecular formula is C7H7N3. The molecule has 0 aromatic carbocycles. The second kappa shape index (κ2) is 3.46. The van der Waals surface area contributed by atoms with Crippen molar-refractivity contribution in [2.45, 2.75) is 6.42 Å². The van der Waals surface area contributed by atoms with Crippen molar-refractivity contribution in [1.29, 1.82) is 5.26 Å². The van der Waals surface area contributed by atoms with E-state index in [1.165, 1.54) is 0 Å². The van der Waals surface area contributed by atoms with Gasteiger partial charge in [-0.1, -0.05) is 6.08 Å². The molecule has 3 nitrogen and oxygen atoms in total. The van der Waals surface area contributed by atoms with Crippen LogP contribution in [0.15, 0.2) is 18.3 Å². The summed E-state index contributed by atoms with van der Waals surface area (Å²) >= 11 is 0. The molecule has 0 fully saturated rings. The first-order valence-corrected chi connectivity index (χ1v) is 2.96. The van der Waals surface area contributed by atoms with E-state index in [9.17, 15) is 0 Å². The van der Waals surface area contributed by atoms with Crippen LogP contribution >= 0.6 is 0 Å². The molecule has 0 radical (unpaired) electrons. The van der Waals surface area contributed by atoms with Gasteiger partial charge in [-0.25, -0.2) is 0 Å². The summed E-state index contributed by atoms with van der Waals surface area (Å²) in [6, 6.07) is 3.85. The van der Waals surface area contributed by atoms with Crippen molar-refractivity contribution in [3.05, 3.63) is 24.0 Å². The Morgan fingerprint density at radius 2 is 2.70 bits per heavy atom. The number of allylic oxidation sites excluding steroid dienone is 1. The summed E-state index contributed by atoms with van der Waals surface area (Å²) in [6.07, 6.45) is 5.73. The predicted octanol–water partition coefficient (Wildman–Crippen LogP) is 1.34. The molecule has 50 valence electrons. The van der Waals surface area contributed by atoms with Crippen molar-refractivity contribution in [3.8, 4) is 6.07 Å². The van der Waals surface area contributed by atoms with Gasteiger partial charge < -0.3 is 0 Å². The van der Waals surface area contributed by atoms with Crippen molar-refractivity contribution < 1.29 is 0 Å². The molecule has 1 aromatic rings. The van der Waals surface area contributed by atoms with Crippen molar-refractivity contribution in [2.75, 3.05) is 0 Å². The van der Waals surface area contributed by atoms with Gasteiger partial charge in [-0.05, 0) is 12.1 Å². The maximum Gasteiger partial charge on any atom is 0.0663 e. The second-order valence-corrected chi connectivity index (χ2v) is 1.78. The quantitative estimate of drug-likeness (QED) is 0.661. The Balaban J connectivity index is 2.49. The average Bonchev–Trinajstić information content (AvgIpc) is 2.41. The maximum atomic E-state index is 8.17. The highest BCUT2D eigenvalue weighted by Crippen LogP contribution is 1.95. The number of nitrogens with one attached hydrogen (secondary N) is 1. The molecule has 1 aromatic heterocycles. The number of aromatic nitrogens is 2. The fourth-order valence-corrected chi connectivity index (χ4v) is 0.598. The van der Waals surface area contributed by atoms with Crippen LogP contribution < -0.4 is 0 Å². The van der Waals surface area contributed by atoms with E-state index in [0.29, 0.717) is 6.42 Å². The number of H-pyrrole nitrogens is 1. The monoisotopic (exact) mass is 133 g/mol. The largest absolute Gasteiger partial charge is 0.278 e. The van der Waals surface area contributed by atoms with Crippen molar-refractivity contribution >= 4 is 6.08 Å². The molecule has 0 unspecified atom stereocenters. The van der Waals surface area contributed by atoms with Gasteiger partial charge >= 0.3 is 0 Å². The summed E-state index contributed by atoms with van der Waals surface area (Å²) in [5.74, 6) is 0. The minimum Gasteiger partial charge on any atom is -0.278 e. The fraction of sp³-hybridized carbons (Fsp3) is 0.143. The average molecular weight is 133 g/mol. The molecule has 0 saturated heterocycles. The van der Waals surface area contributed by atoms with Crippen molar-refractivity contribution in [1.82, 2.24) is 10.2 Å². The lowest BCUT2D eigenvalue weighted by Crippen LogP contribution is -1.69. The third kappa shape index (κ3) is 1.75. The van der Waals surface area contributed by atoms with Crippen LogP contribution in [0.2, 0.25) is 0 Å². The van der Waals surface area contributed by atoms with Gasteiger partial charge in [-0.2, -0.15) is 10.4 Å². The zero-order chi connectivity index (χ0) is 7.23. The Labute approximate surface area is 59.0 Å². The van der Waals surface area contributed by atoms with Gasteiger partial charge in [-0.3, -0.25) is 5.10 Å². The fourth-order valence-electron chi connectivity index (χ4n) is 0.598. The standard InChI is InChI=1S/C7H7N3/c8-5-2-1-3-7-4-6-9-10-7/h1,3-4,6H,2H2,(H,9,10). The summed E-state index contributed by atoms with van der Waals surface area (Å²) in [5, 5.41) is 14.7. The number of aromatic amines is 1. The van der Waals surface area contributed by atoms with Gasteiger partial charge in [0, 0.05) is 6.20 Å². The van der Waals surface area contributed by atoms with E-state index in [-0.39, 0.29) is 0 Å². The second-order valence-electron chi connectivity index (χ2n) is 1.78. The van der Waals surface area contributed by atoms with E-state index in [0.717, 1.165) is 5.69 Å². The molecule has 0 saturated carbocycles. The Morgan fingerprint density at radius 1 is 1.80 bits per heavy atom. The molecule has 0 amide bonds. The van der Waals surface area contributed by atoms with Gasteiger partial charge in [0.1, 0.15) is 0 Å². The summed E-state index contributed by atoms with van der Waals surface area (Å²) in [5.41, 5.74) is 0.926. The van der Waals surface area contributed by atoms with Gasteiger partial charge in [0.2, 0.25) is 0 Å². The third-order valence-electron chi connectivity index (χ3n) is 1.03. The molecular weight excluding hydrogens is 126 g/mol. The molecule has 10 heavy (non-hydrogen) atoms. The van der Waals surface area contributed by atoms with Crippen molar-refractivity contribution in [3.63, 3.8) is 0 Å². The molecule has 3 heteroatoms. The summed E-state index contributed by atoms with van der Waals surface area (Å²) in [7, 11) is 0. The van der Waals surface area contributed by atoms with E-state index < -0.39 is 0 Å². The molecule has 1 heterocycles. The van der Waals surface area contributed by atoms with E-state index in [1.807, 2.05) is 18.2 Å². The highest BCUT2D eigenvalue weighted by molar-refractivity contribution is 5.43. The van der Waals surface area contributed by atoms with E-state index >= 15 is 0 Å². The molecule has 0 aliphatic heterocycles. The first-order valence-electron chi connectivity index (χ1n) is 2.96. The lowest BCUT2D eigenvalue weighted by atomic mass is 10.3. The van der Waals surface area contributed by atoms with Gasteiger partial charge in [0.05, 0.1) is 18.2 Å². The zero-order valence-electron chi connectivity index (χ0n) is 5.41. The van der Waals surface area contributed by atoms with Crippen LogP contribution in [0.3, 0.4) is 0 Å². The lowest BCUT2D eigenvalue weighted by molar-refractivity contribution is 1.08. The minimum absolute atomic E-state index is 0.443. The highest BCUT2D eigenvalue weighted by atomic mass is 15.1. The lowest BCUT2D eigenvalue weighted by Gasteiger charge is -1.78. The van der Waals surface area contributed by atoms with Crippen LogP contribution in [0.5, 0.6) is 0 Å². The Hall–Kier alpha value is -1.56. The molecule has 0 aliphatic carbocycles. The Kier molecular flexibility index (Phi) is 2.27. The first kappa shape index (κ1) is 6.56. The van der Waals surface area contributed by atoms with E-state index in [4.69, 9.17) is 5.26 Å². The number of hydrogen-bond acceptors (Lipinski definition) is 2. The SMILES string of the molecule is N#CCC=Cc1ccn[nH]1. The first-order chi connectivity index (χ1) is 4.93. The normalized spacial score (nSPS) is 9.90. The van der Waals surface area contributed by atoms with E-state index in [2.05, 4.69) is 10.2 Å². The van der Waals surface area contributed by atoms with Gasteiger partial charge in [0.15, 0.2) is 0 Å². The minimum atomic E-state index is 0.443. The topological polar surface area (TPSA) is 52.5 Å². The molecule has 0 bridgehead atoms. The van der Waals surface area contributed by atoms with Crippen LogP contribution in [0.25, 0.3) is 6.08 Å². The summed E-state index contributed by atoms with van der Waals surface area (Å²) in [4.78, 5) is 0. The molecule has 0 aliphatic rings. The number of nitriles is 1. The number of rotatable bonds is 2. The predicted molar refractivity (Wildman–Crippen MR) is 37.9 cm³/mol. The van der Waals surface area contributed by atoms with Crippen LogP contribution in [-0.2, 0) is 0 Å². The third-order valence-corrected chi connectivity index (χ3v) is 1.03. The highest BCUT2D eigenvalue weighted by Gasteiger charge is 1.82. The van der Waals surface area contributed by atoms with Crippen molar-refractivity contribution in [2.24, 2.45) is 0 Å². The zero-order valence-corrected chi connectivity index (χ0v) is 5.41. The molecule has 0 spiro atoms. The molecule has 0 atom stereocenters. The maximum absolute atomic E-state index is 8.17. The number of hydrogen-bond donors (Lipinski definition) is 1. The Morgan fingerprint density at radius 3 is 3.30 bits per heavy atom. The van der Waals surface area contributed by atoms with Crippen LogP contribution in [0, 0.1) is 11.3 Å². The van der Waals surface area contributed by atoms with Gasteiger partial charge in [0.25, 0.3) is 0 Å². The molecule has 1 rings (SSSR count). The number of nitrogens with zero attached hydrogens (tertiary/aromatic N) is 2. The summed E-state index contributed by atoms with van der Waals surface area (Å²) in [6.45, 7) is 0. The Bertz CT molecular complexity index is 240. The van der Waals surface area contributed by atoms with Gasteiger partial charge in [-0.15, -0.1) is 0 Å². The smallest absolute Gasteiger partial charge is 0.0663 e.